The summed E-state index contributed by atoms with van der Waals surface area (Å²) < 4.78 is 40.6. The number of hydrogen-bond acceptors (Lipinski definition) is 13. The van der Waals surface area contributed by atoms with Gasteiger partial charge in [-0.15, -0.1) is 5.10 Å². The normalized spacial score (nSPS) is 22.2. The first-order valence-electron chi connectivity index (χ1n) is 26.1. The lowest BCUT2D eigenvalue weighted by atomic mass is 9.92. The summed E-state index contributed by atoms with van der Waals surface area (Å²) in [7, 11) is 0. The van der Waals surface area contributed by atoms with E-state index in [1.165, 1.54) is 0 Å². The fourth-order valence-electron chi connectivity index (χ4n) is 12.6. The van der Waals surface area contributed by atoms with E-state index in [9.17, 15) is 29.1 Å². The number of rotatable bonds is 9. The first-order chi connectivity index (χ1) is 35.9. The first kappa shape index (κ1) is 48.1. The number of carbonyl (C=O) groups excluding carboxylic acids is 5. The molecule has 3 aromatic heterocycles. The fraction of sp³-hybridized carbons (Fsp3) is 0.509. The summed E-state index contributed by atoms with van der Waals surface area (Å²) in [6.07, 6.45) is 4.89. The summed E-state index contributed by atoms with van der Waals surface area (Å²) in [5.74, 6) is -0.617. The third kappa shape index (κ3) is 8.55. The minimum Gasteiger partial charge on any atom is -0.381 e. The topological polar surface area (TPSA) is 195 Å². The van der Waals surface area contributed by atoms with Crippen molar-refractivity contribution in [3.8, 4) is 11.1 Å². The second-order valence-electron chi connectivity index (χ2n) is 20.8. The van der Waals surface area contributed by atoms with Gasteiger partial charge in [-0.3, -0.25) is 38.5 Å². The molecular weight excluding hydrogens is 955 g/mol. The zero-order valence-electron chi connectivity index (χ0n) is 41.4. The number of aliphatic hydroxyl groups is 1. The van der Waals surface area contributed by atoms with E-state index in [0.717, 1.165) is 78.4 Å². The van der Waals surface area contributed by atoms with Gasteiger partial charge in [0.25, 0.3) is 18.2 Å². The van der Waals surface area contributed by atoms with Crippen molar-refractivity contribution < 1.29 is 42.6 Å². The molecule has 4 saturated heterocycles. The molecule has 0 saturated carbocycles. The molecular formula is C53H60F2N12O7. The van der Waals surface area contributed by atoms with Crippen molar-refractivity contribution in [2.75, 3.05) is 75.4 Å². The van der Waals surface area contributed by atoms with Crippen LogP contribution in [0.3, 0.4) is 0 Å². The molecule has 388 valence electrons. The Hall–Kier alpha value is -6.84. The molecule has 2 unspecified atom stereocenters. The van der Waals surface area contributed by atoms with Crippen LogP contribution < -0.4 is 15.1 Å². The number of carbonyl (C=O) groups is 5. The number of likely N-dealkylation sites (tertiary alicyclic amines) is 1. The Morgan fingerprint density at radius 1 is 0.824 bits per heavy atom. The van der Waals surface area contributed by atoms with Gasteiger partial charge in [-0.1, -0.05) is 0 Å². The summed E-state index contributed by atoms with van der Waals surface area (Å²) in [5, 5.41) is 26.8. The summed E-state index contributed by atoms with van der Waals surface area (Å²) in [6.45, 7) is 8.63. The summed E-state index contributed by atoms with van der Waals surface area (Å²) >= 11 is 0. The summed E-state index contributed by atoms with van der Waals surface area (Å²) in [5.41, 5.74) is 6.87. The molecule has 0 spiro atoms. The maximum Gasteiger partial charge on any atom is 0.264 e. The number of amides is 5. The van der Waals surface area contributed by atoms with Gasteiger partial charge in [0, 0.05) is 131 Å². The van der Waals surface area contributed by atoms with E-state index in [2.05, 4.69) is 34.9 Å². The second-order valence-corrected chi connectivity index (χ2v) is 20.8. The van der Waals surface area contributed by atoms with Crippen LogP contribution in [0.4, 0.5) is 26.0 Å². The van der Waals surface area contributed by atoms with Crippen molar-refractivity contribution >= 4 is 57.8 Å². The number of aromatic nitrogens is 5. The number of anilines is 3. The molecule has 0 radical (unpaired) electrons. The maximum absolute atomic E-state index is 15.5. The Morgan fingerprint density at radius 3 is 2.36 bits per heavy atom. The third-order valence-corrected chi connectivity index (χ3v) is 16.6. The van der Waals surface area contributed by atoms with E-state index < -0.39 is 30.5 Å². The Kier molecular flexibility index (Phi) is 12.7. The fourth-order valence-corrected chi connectivity index (χ4v) is 12.6. The number of nitrogens with zero attached hydrogens (tertiary/aromatic N) is 11. The standard InChI is InChI=1S/C53H60F2N12O7/c1-31(68)63-18-11-42-41(29-63)50(59-67(42)34-12-23-74-24-13-34)65-15-2-3-32-25-37(38(49(54)55)27-45(32)65)40-28-64(43-8-14-56-58-48(40)43)30-47(70)62-16-9-33(10-17-62)60-19-21-61(22-20-60)35-4-5-36-39(26-35)53(73)66(52(36)72)44-6-7-46(69)57-51(44)71/h4-5,8,14,25-28,33-34,44,49,51,71H,2-3,6-7,9-13,15-24,29-30H2,1H3,(H,57,69). The number of aryl methyl sites for hydroxylation is 1. The molecule has 4 fully saturated rings. The molecule has 74 heavy (non-hydrogen) atoms. The van der Waals surface area contributed by atoms with Gasteiger partial charge < -0.3 is 39.3 Å². The molecule has 5 aromatic rings. The largest absolute Gasteiger partial charge is 0.381 e. The Balaban J connectivity index is 0.722. The van der Waals surface area contributed by atoms with Crippen LogP contribution in [0.25, 0.3) is 22.2 Å². The lowest BCUT2D eigenvalue weighted by Gasteiger charge is -2.43. The number of ether oxygens (including phenoxy) is 1. The van der Waals surface area contributed by atoms with Crippen LogP contribution in [0.2, 0.25) is 0 Å². The molecule has 2 atom stereocenters. The smallest absolute Gasteiger partial charge is 0.264 e. The average molecular weight is 1020 g/mol. The van der Waals surface area contributed by atoms with E-state index in [1.807, 2.05) is 26.5 Å². The van der Waals surface area contributed by atoms with Crippen LogP contribution >= 0.6 is 0 Å². The van der Waals surface area contributed by atoms with Crippen LogP contribution in [0.5, 0.6) is 0 Å². The van der Waals surface area contributed by atoms with Crippen molar-refractivity contribution in [2.45, 2.75) is 109 Å². The number of benzene rings is 2. The molecule has 0 aliphatic carbocycles. The SMILES string of the molecule is CC(=O)N1CCc2c(c(N3CCCc4cc(-c5cn(CC(=O)N6CCC(N7CCN(c8ccc9c(c8)C(=O)N(C8CCC(=O)NC8O)C9=O)CC7)CC6)c6ccnnc56)c(C(F)F)cc43)nn2C2CCOCC2)C1. The quantitative estimate of drug-likeness (QED) is 0.195. The predicted octanol–water partition coefficient (Wildman–Crippen LogP) is 4.58. The van der Waals surface area contributed by atoms with Crippen molar-refractivity contribution in [3.05, 3.63) is 82.3 Å². The molecule has 12 rings (SSSR count). The number of alkyl halides is 2. The highest BCUT2D eigenvalue weighted by atomic mass is 19.3. The van der Waals surface area contributed by atoms with E-state index in [0.29, 0.717) is 111 Å². The lowest BCUT2D eigenvalue weighted by Crippen LogP contribution is -2.57. The third-order valence-electron chi connectivity index (χ3n) is 16.6. The van der Waals surface area contributed by atoms with Gasteiger partial charge in [-0.25, -0.2) is 8.78 Å². The van der Waals surface area contributed by atoms with Gasteiger partial charge in [0.05, 0.1) is 41.5 Å². The summed E-state index contributed by atoms with van der Waals surface area (Å²) in [4.78, 5) is 76.9. The van der Waals surface area contributed by atoms with Crippen LogP contribution in [0.15, 0.2) is 48.8 Å². The van der Waals surface area contributed by atoms with Gasteiger partial charge >= 0.3 is 0 Å². The summed E-state index contributed by atoms with van der Waals surface area (Å²) in [6, 6.07) is 10.1. The minimum absolute atomic E-state index is 0.0108. The second kappa shape index (κ2) is 19.5. The highest BCUT2D eigenvalue weighted by Crippen LogP contribution is 2.45. The minimum atomic E-state index is -2.82. The Bertz CT molecular complexity index is 3070. The predicted molar refractivity (Wildman–Crippen MR) is 267 cm³/mol. The molecule has 21 heteroatoms. The number of imide groups is 1. The highest BCUT2D eigenvalue weighted by molar-refractivity contribution is 6.22. The molecule has 2 N–H and O–H groups in total. The maximum atomic E-state index is 15.5. The van der Waals surface area contributed by atoms with Gasteiger partial charge in [0.15, 0.2) is 5.82 Å². The molecule has 7 aliphatic heterocycles. The van der Waals surface area contributed by atoms with Crippen molar-refractivity contribution in [1.29, 1.82) is 0 Å². The number of piperidine rings is 2. The van der Waals surface area contributed by atoms with Gasteiger partial charge in [0.1, 0.15) is 18.3 Å². The van der Waals surface area contributed by atoms with E-state index in [1.54, 1.807) is 43.6 Å². The zero-order valence-corrected chi connectivity index (χ0v) is 41.4. The lowest BCUT2D eigenvalue weighted by molar-refractivity contribution is -0.133. The van der Waals surface area contributed by atoms with Gasteiger partial charge in [-0.2, -0.15) is 10.2 Å². The molecule has 0 bridgehead atoms. The zero-order chi connectivity index (χ0) is 50.9. The molecule has 2 aromatic carbocycles. The van der Waals surface area contributed by atoms with Gasteiger partial charge in [0.2, 0.25) is 17.7 Å². The van der Waals surface area contributed by atoms with Gasteiger partial charge in [-0.05, 0) is 92.5 Å². The van der Waals surface area contributed by atoms with E-state index in [-0.39, 0.29) is 54.8 Å². The highest BCUT2D eigenvalue weighted by Gasteiger charge is 2.45. The molecule has 19 nitrogen and oxygen atoms in total. The number of nitrogens with one attached hydrogen (secondary N) is 1. The van der Waals surface area contributed by atoms with E-state index >= 15 is 8.78 Å². The molecule has 7 aliphatic rings. The average Bonchev–Trinajstić information content (AvgIpc) is 4.06. The number of fused-ring (bicyclic) bond motifs is 4. The number of piperazine rings is 1. The number of halogens is 2. The van der Waals surface area contributed by atoms with Crippen LogP contribution in [-0.4, -0.2) is 163 Å². The first-order valence-corrected chi connectivity index (χ1v) is 26.1. The van der Waals surface area contributed by atoms with Crippen molar-refractivity contribution in [3.63, 3.8) is 0 Å². The number of hydrogen-bond donors (Lipinski definition) is 2. The van der Waals surface area contributed by atoms with Crippen molar-refractivity contribution in [2.24, 2.45) is 0 Å². The van der Waals surface area contributed by atoms with Crippen LogP contribution in [0.1, 0.15) is 107 Å². The molecule has 10 heterocycles. The number of aliphatic hydroxyl groups excluding tert-OH is 1. The van der Waals surface area contributed by atoms with Crippen LogP contribution in [0, 0.1) is 0 Å². The monoisotopic (exact) mass is 1010 g/mol. The van der Waals surface area contributed by atoms with Crippen molar-refractivity contribution in [1.82, 2.24) is 49.5 Å². The molecule has 5 amide bonds. The van der Waals surface area contributed by atoms with Crippen LogP contribution in [-0.2, 0) is 45.1 Å². The Labute approximate surface area is 426 Å². The Morgan fingerprint density at radius 2 is 1.61 bits per heavy atom. The van der Waals surface area contributed by atoms with E-state index in [4.69, 9.17) is 9.84 Å².